The van der Waals surface area contributed by atoms with E-state index in [1.807, 2.05) is 6.92 Å². The Bertz CT molecular complexity index is 757. The predicted octanol–water partition coefficient (Wildman–Crippen LogP) is 2.30. The van der Waals surface area contributed by atoms with Crippen molar-refractivity contribution >= 4 is 11.7 Å². The van der Waals surface area contributed by atoms with Gasteiger partial charge in [-0.25, -0.2) is 4.98 Å². The SMILES string of the molecule is Cc1cc(CN2CC[C@@H]3C[C@@H](C(=O)Nc4cnccn4)O[C@H]3C2)oc1C. The van der Waals surface area contributed by atoms with Gasteiger partial charge in [0.2, 0.25) is 0 Å². The highest BCUT2D eigenvalue weighted by Crippen LogP contribution is 2.34. The number of furan rings is 1. The molecule has 0 spiro atoms. The van der Waals surface area contributed by atoms with E-state index in [2.05, 4.69) is 33.2 Å². The largest absolute Gasteiger partial charge is 0.465 e. The van der Waals surface area contributed by atoms with Crippen LogP contribution in [0.3, 0.4) is 0 Å². The molecule has 2 saturated heterocycles. The molecule has 0 saturated carbocycles. The fraction of sp³-hybridized carbons (Fsp3) is 0.526. The summed E-state index contributed by atoms with van der Waals surface area (Å²) in [6, 6.07) is 2.11. The van der Waals surface area contributed by atoms with E-state index < -0.39 is 6.10 Å². The Morgan fingerprint density at radius 3 is 3.00 bits per heavy atom. The highest BCUT2D eigenvalue weighted by molar-refractivity contribution is 5.93. The number of anilines is 1. The minimum atomic E-state index is -0.417. The number of ether oxygens (including phenoxy) is 1. The molecule has 2 fully saturated rings. The van der Waals surface area contributed by atoms with E-state index in [0.29, 0.717) is 11.7 Å². The standard InChI is InChI=1S/C19H24N4O3/c1-12-7-15(25-13(12)2)10-23-6-3-14-8-16(26-17(14)11-23)19(24)22-18-9-20-4-5-21-18/h4-5,7,9,14,16-17H,3,6,8,10-11H2,1-2H3,(H,21,22,24)/t14-,16+,17+/m1/s1. The number of nitrogens with one attached hydrogen (secondary N) is 1. The molecule has 2 aliphatic heterocycles. The number of rotatable bonds is 4. The molecule has 4 rings (SSSR count). The van der Waals surface area contributed by atoms with Crippen molar-refractivity contribution in [3.8, 4) is 0 Å². The van der Waals surface area contributed by atoms with E-state index in [-0.39, 0.29) is 12.0 Å². The van der Waals surface area contributed by atoms with Gasteiger partial charge in [-0.2, -0.15) is 0 Å². The van der Waals surface area contributed by atoms with Gasteiger partial charge >= 0.3 is 0 Å². The summed E-state index contributed by atoms with van der Waals surface area (Å²) in [5.41, 5.74) is 1.19. The van der Waals surface area contributed by atoms with Crippen molar-refractivity contribution in [3.05, 3.63) is 41.7 Å². The number of aromatic nitrogens is 2. The first-order chi connectivity index (χ1) is 12.6. The first-order valence-electron chi connectivity index (χ1n) is 9.09. The summed E-state index contributed by atoms with van der Waals surface area (Å²) in [5.74, 6) is 2.73. The molecule has 7 nitrogen and oxygen atoms in total. The molecule has 2 aromatic rings. The summed E-state index contributed by atoms with van der Waals surface area (Å²) in [6.07, 6.45) is 6.16. The van der Waals surface area contributed by atoms with Crippen LogP contribution in [0.15, 0.2) is 29.1 Å². The second-order valence-electron chi connectivity index (χ2n) is 7.21. The first kappa shape index (κ1) is 17.2. The highest BCUT2D eigenvalue weighted by atomic mass is 16.5. The van der Waals surface area contributed by atoms with Crippen LogP contribution in [-0.4, -0.2) is 46.1 Å². The van der Waals surface area contributed by atoms with Gasteiger partial charge in [-0.15, -0.1) is 0 Å². The molecule has 0 unspecified atom stereocenters. The van der Waals surface area contributed by atoms with Crippen LogP contribution in [0, 0.1) is 19.8 Å². The van der Waals surface area contributed by atoms with Crippen LogP contribution in [0.25, 0.3) is 0 Å². The van der Waals surface area contributed by atoms with Crippen molar-refractivity contribution in [2.75, 3.05) is 18.4 Å². The van der Waals surface area contributed by atoms with Crippen LogP contribution >= 0.6 is 0 Å². The summed E-state index contributed by atoms with van der Waals surface area (Å²) < 4.78 is 11.9. The first-order valence-corrected chi connectivity index (χ1v) is 9.09. The number of aryl methyl sites for hydroxylation is 2. The van der Waals surface area contributed by atoms with E-state index in [4.69, 9.17) is 9.15 Å². The smallest absolute Gasteiger partial charge is 0.254 e. The maximum atomic E-state index is 12.4. The number of carbonyl (C=O) groups is 1. The molecule has 26 heavy (non-hydrogen) atoms. The van der Waals surface area contributed by atoms with Crippen LogP contribution in [0.1, 0.15) is 29.9 Å². The molecule has 2 aromatic heterocycles. The lowest BCUT2D eigenvalue weighted by molar-refractivity contribution is -0.127. The molecule has 4 heterocycles. The Morgan fingerprint density at radius 2 is 2.27 bits per heavy atom. The van der Waals surface area contributed by atoms with Gasteiger partial charge in [-0.1, -0.05) is 0 Å². The third kappa shape index (κ3) is 3.64. The lowest BCUT2D eigenvalue weighted by atomic mass is 9.91. The quantitative estimate of drug-likeness (QED) is 0.905. The van der Waals surface area contributed by atoms with Gasteiger partial charge in [-0.05, 0) is 50.8 Å². The average molecular weight is 356 g/mol. The minimum Gasteiger partial charge on any atom is -0.465 e. The second kappa shape index (κ2) is 7.17. The molecular weight excluding hydrogens is 332 g/mol. The van der Waals surface area contributed by atoms with Crippen molar-refractivity contribution in [2.24, 2.45) is 5.92 Å². The van der Waals surface area contributed by atoms with Crippen LogP contribution in [0.5, 0.6) is 0 Å². The lowest BCUT2D eigenvalue weighted by Gasteiger charge is -2.33. The van der Waals surface area contributed by atoms with Crippen molar-refractivity contribution in [2.45, 2.75) is 45.4 Å². The van der Waals surface area contributed by atoms with Crippen molar-refractivity contribution in [1.29, 1.82) is 0 Å². The number of nitrogens with zero attached hydrogens (tertiary/aromatic N) is 3. The van der Waals surface area contributed by atoms with Crippen molar-refractivity contribution < 1.29 is 13.9 Å². The van der Waals surface area contributed by atoms with Crippen molar-refractivity contribution in [3.63, 3.8) is 0 Å². The summed E-state index contributed by atoms with van der Waals surface area (Å²) >= 11 is 0. The maximum Gasteiger partial charge on any atom is 0.254 e. The van der Waals surface area contributed by atoms with Crippen molar-refractivity contribution in [1.82, 2.24) is 14.9 Å². The zero-order valence-corrected chi connectivity index (χ0v) is 15.1. The summed E-state index contributed by atoms with van der Waals surface area (Å²) in [7, 11) is 0. The van der Waals surface area contributed by atoms with Gasteiger partial charge in [0.1, 0.15) is 17.6 Å². The average Bonchev–Trinajstić information content (AvgIpc) is 3.19. The molecular formula is C19H24N4O3. The Morgan fingerprint density at radius 1 is 1.38 bits per heavy atom. The van der Waals surface area contributed by atoms with E-state index in [1.54, 1.807) is 12.4 Å². The van der Waals surface area contributed by atoms with Gasteiger partial charge in [0, 0.05) is 18.9 Å². The highest BCUT2D eigenvalue weighted by Gasteiger charge is 2.42. The zero-order chi connectivity index (χ0) is 18.1. The van der Waals surface area contributed by atoms with Crippen LogP contribution in [-0.2, 0) is 16.1 Å². The molecule has 1 N–H and O–H groups in total. The van der Waals surface area contributed by atoms with Crippen LogP contribution in [0.2, 0.25) is 0 Å². The Hall–Kier alpha value is -2.25. The zero-order valence-electron chi connectivity index (χ0n) is 15.1. The molecule has 0 bridgehead atoms. The monoisotopic (exact) mass is 356 g/mol. The van der Waals surface area contributed by atoms with Gasteiger partial charge in [0.15, 0.2) is 5.82 Å². The van der Waals surface area contributed by atoms with Crippen LogP contribution in [0.4, 0.5) is 5.82 Å². The van der Waals surface area contributed by atoms with Crippen LogP contribution < -0.4 is 5.32 Å². The predicted molar refractivity (Wildman–Crippen MR) is 95.5 cm³/mol. The normalized spacial score (nSPS) is 25.8. The number of hydrogen-bond acceptors (Lipinski definition) is 6. The maximum absolute atomic E-state index is 12.4. The summed E-state index contributed by atoms with van der Waals surface area (Å²) in [6.45, 7) is 6.68. The number of piperidine rings is 1. The molecule has 0 radical (unpaired) electrons. The molecule has 0 aromatic carbocycles. The van der Waals surface area contributed by atoms with Gasteiger partial charge in [0.05, 0.1) is 18.8 Å². The topological polar surface area (TPSA) is 80.5 Å². The number of amides is 1. The third-order valence-corrected chi connectivity index (χ3v) is 5.34. The Kier molecular flexibility index (Phi) is 4.74. The summed E-state index contributed by atoms with van der Waals surface area (Å²) in [5, 5.41) is 2.79. The van der Waals surface area contributed by atoms with E-state index >= 15 is 0 Å². The number of likely N-dealkylation sites (tertiary alicyclic amines) is 1. The Labute approximate surface area is 152 Å². The molecule has 138 valence electrons. The van der Waals surface area contributed by atoms with Gasteiger partial charge < -0.3 is 14.5 Å². The van der Waals surface area contributed by atoms with Gasteiger partial charge in [-0.3, -0.25) is 14.7 Å². The van der Waals surface area contributed by atoms with E-state index in [9.17, 15) is 4.79 Å². The lowest BCUT2D eigenvalue weighted by Crippen LogP contribution is -2.41. The van der Waals surface area contributed by atoms with E-state index in [0.717, 1.165) is 44.0 Å². The number of hydrogen-bond donors (Lipinski definition) is 1. The summed E-state index contributed by atoms with van der Waals surface area (Å²) in [4.78, 5) is 22.8. The molecule has 7 heteroatoms. The second-order valence-corrected chi connectivity index (χ2v) is 7.21. The molecule has 2 aliphatic rings. The fourth-order valence-corrected chi connectivity index (χ4v) is 3.83. The van der Waals surface area contributed by atoms with Gasteiger partial charge in [0.25, 0.3) is 5.91 Å². The number of fused-ring (bicyclic) bond motifs is 1. The third-order valence-electron chi connectivity index (χ3n) is 5.34. The minimum absolute atomic E-state index is 0.0958. The van der Waals surface area contributed by atoms with E-state index in [1.165, 1.54) is 11.8 Å². The number of carbonyl (C=O) groups excluding carboxylic acids is 1. The molecule has 0 aliphatic carbocycles. The molecule has 3 atom stereocenters. The fourth-order valence-electron chi connectivity index (χ4n) is 3.83. The molecule has 1 amide bonds. The Balaban J connectivity index is 1.33.